The summed E-state index contributed by atoms with van der Waals surface area (Å²) in [7, 11) is 0. The third-order valence-electron chi connectivity index (χ3n) is 6.11. The molecule has 29 heavy (non-hydrogen) atoms. The van der Waals surface area contributed by atoms with E-state index in [1.54, 1.807) is 0 Å². The van der Waals surface area contributed by atoms with E-state index in [2.05, 4.69) is 6.92 Å². The molecule has 0 spiro atoms. The predicted octanol–water partition coefficient (Wildman–Crippen LogP) is 2.57. The summed E-state index contributed by atoms with van der Waals surface area (Å²) in [6, 6.07) is 0. The number of carbonyl (C=O) groups is 2. The van der Waals surface area contributed by atoms with Gasteiger partial charge in [0.25, 0.3) is 0 Å². The van der Waals surface area contributed by atoms with E-state index in [-0.39, 0.29) is 35.5 Å². The second-order valence-electron chi connectivity index (χ2n) is 8.58. The van der Waals surface area contributed by atoms with Crippen molar-refractivity contribution in [2.24, 2.45) is 11.8 Å². The number of rotatable bonds is 17. The van der Waals surface area contributed by atoms with E-state index in [0.29, 0.717) is 19.4 Å². The minimum atomic E-state index is -1.10. The summed E-state index contributed by atoms with van der Waals surface area (Å²) in [5.41, 5.74) is 0. The van der Waals surface area contributed by atoms with E-state index in [4.69, 9.17) is 4.74 Å². The van der Waals surface area contributed by atoms with E-state index in [1.165, 1.54) is 77.0 Å². The monoisotopic (exact) mass is 418 g/mol. The molecule has 1 rings (SSSR count). The second kappa shape index (κ2) is 19.9. The summed E-state index contributed by atoms with van der Waals surface area (Å²) in [4.78, 5) is 23.3. The average molecular weight is 419 g/mol. The first-order valence-corrected chi connectivity index (χ1v) is 12.0. The van der Waals surface area contributed by atoms with Gasteiger partial charge >= 0.3 is 35.5 Å². The molecule has 2 atom stereocenters. The molecule has 1 fully saturated rings. The maximum Gasteiger partial charge on any atom is 1.00 e. The van der Waals surface area contributed by atoms with Crippen LogP contribution in [0.2, 0.25) is 0 Å². The third kappa shape index (κ3) is 14.6. The Balaban J connectivity index is 0.00000784. The molecule has 0 heterocycles. The summed E-state index contributed by atoms with van der Waals surface area (Å²) < 4.78 is 5.34. The van der Waals surface area contributed by atoms with Gasteiger partial charge in [0.2, 0.25) is 0 Å². The number of ether oxygens (including phenoxy) is 1. The van der Waals surface area contributed by atoms with Gasteiger partial charge in [-0.15, -0.1) is 0 Å². The topological polar surface area (TPSA) is 66.4 Å². The molecule has 0 saturated heterocycles. The van der Waals surface area contributed by atoms with Gasteiger partial charge in [0.05, 0.1) is 12.5 Å². The van der Waals surface area contributed by atoms with Gasteiger partial charge in [-0.2, -0.15) is 0 Å². The molecule has 1 aliphatic carbocycles. The van der Waals surface area contributed by atoms with Gasteiger partial charge in [0, 0.05) is 11.9 Å². The van der Waals surface area contributed by atoms with E-state index >= 15 is 0 Å². The first-order valence-electron chi connectivity index (χ1n) is 12.0. The summed E-state index contributed by atoms with van der Waals surface area (Å²) >= 11 is 0. The van der Waals surface area contributed by atoms with Crippen LogP contribution in [0.5, 0.6) is 0 Å². The Labute approximate surface area is 201 Å². The molecule has 1 saturated carbocycles. The molecular formula is C24H43NaO4. The molecule has 0 radical (unpaired) electrons. The second-order valence-corrected chi connectivity index (χ2v) is 8.58. The normalized spacial score (nSPS) is 18.8. The van der Waals surface area contributed by atoms with Crippen molar-refractivity contribution in [1.29, 1.82) is 0 Å². The smallest absolute Gasteiger partial charge is 0.550 e. The Kier molecular flexibility index (Phi) is 19.8. The average Bonchev–Trinajstić information content (AvgIpc) is 2.70. The number of carboxylic acids is 1. The molecule has 164 valence electrons. The Hall–Kier alpha value is -0.0600. The first kappa shape index (κ1) is 28.9. The van der Waals surface area contributed by atoms with Crippen molar-refractivity contribution < 1.29 is 49.0 Å². The van der Waals surface area contributed by atoms with Gasteiger partial charge in [-0.25, -0.2) is 0 Å². The minimum absolute atomic E-state index is 0. The molecule has 0 N–H and O–H groups in total. The van der Waals surface area contributed by atoms with E-state index in [0.717, 1.165) is 25.7 Å². The Bertz CT molecular complexity index is 414. The standard InChI is InChI=1S/C24H44O4.Na/c1-2-3-4-5-6-7-8-9-10-11-12-13-14-17-20-28-24(27)22-19-16-15-18-21(22)23(25)26;/h21-22H,2-20H2,1H3,(H,25,26);/q;+1/p-1. The number of hydrogen-bond donors (Lipinski definition) is 0. The molecule has 2 unspecified atom stereocenters. The predicted molar refractivity (Wildman–Crippen MR) is 112 cm³/mol. The van der Waals surface area contributed by atoms with Crippen LogP contribution in [-0.2, 0) is 14.3 Å². The van der Waals surface area contributed by atoms with Gasteiger partial charge in [-0.05, 0) is 19.3 Å². The molecule has 0 amide bonds. The summed E-state index contributed by atoms with van der Waals surface area (Å²) in [6.45, 7) is 2.69. The molecular weight excluding hydrogens is 375 g/mol. The van der Waals surface area contributed by atoms with Gasteiger partial charge < -0.3 is 14.6 Å². The molecule has 4 nitrogen and oxygen atoms in total. The fourth-order valence-electron chi connectivity index (χ4n) is 4.27. The molecule has 0 aromatic heterocycles. The number of aliphatic carboxylic acids is 1. The van der Waals surface area contributed by atoms with Crippen LogP contribution in [0.15, 0.2) is 0 Å². The van der Waals surface area contributed by atoms with Crippen molar-refractivity contribution in [2.75, 3.05) is 6.61 Å². The van der Waals surface area contributed by atoms with Crippen molar-refractivity contribution in [2.45, 2.75) is 122 Å². The van der Waals surface area contributed by atoms with Crippen LogP contribution in [-0.4, -0.2) is 18.5 Å². The summed E-state index contributed by atoms with van der Waals surface area (Å²) in [5, 5.41) is 11.2. The van der Waals surface area contributed by atoms with Gasteiger partial charge in [-0.3, -0.25) is 4.79 Å². The zero-order chi connectivity index (χ0) is 20.5. The zero-order valence-electron chi connectivity index (χ0n) is 19.2. The largest absolute Gasteiger partial charge is 1.00 e. The first-order chi connectivity index (χ1) is 13.7. The van der Waals surface area contributed by atoms with Crippen molar-refractivity contribution >= 4 is 11.9 Å². The summed E-state index contributed by atoms with van der Waals surface area (Å²) in [6.07, 6.45) is 21.1. The van der Waals surface area contributed by atoms with E-state index < -0.39 is 17.8 Å². The third-order valence-corrected chi connectivity index (χ3v) is 6.11. The fraction of sp³-hybridized carbons (Fsp3) is 0.917. The number of carboxylic acid groups (broad SMARTS) is 1. The number of unbranched alkanes of at least 4 members (excludes halogenated alkanes) is 13. The molecule has 0 aromatic carbocycles. The van der Waals surface area contributed by atoms with Crippen molar-refractivity contribution in [3.63, 3.8) is 0 Å². The molecule has 0 aliphatic heterocycles. The van der Waals surface area contributed by atoms with Gasteiger partial charge in [0.15, 0.2) is 0 Å². The van der Waals surface area contributed by atoms with Crippen LogP contribution in [0.4, 0.5) is 0 Å². The maximum absolute atomic E-state index is 12.1. The van der Waals surface area contributed by atoms with Crippen LogP contribution in [0.25, 0.3) is 0 Å². The van der Waals surface area contributed by atoms with Gasteiger partial charge in [0.1, 0.15) is 0 Å². The maximum atomic E-state index is 12.1. The fourth-order valence-corrected chi connectivity index (χ4v) is 4.27. The van der Waals surface area contributed by atoms with Crippen LogP contribution in [0, 0.1) is 11.8 Å². The van der Waals surface area contributed by atoms with Crippen molar-refractivity contribution in [3.8, 4) is 0 Å². The van der Waals surface area contributed by atoms with Crippen LogP contribution in [0.1, 0.15) is 122 Å². The van der Waals surface area contributed by atoms with Crippen LogP contribution >= 0.6 is 0 Å². The quantitative estimate of drug-likeness (QED) is 0.207. The SMILES string of the molecule is CCCCCCCCCCCCCCCCOC(=O)C1CCCCC1C(=O)[O-].[Na+]. The van der Waals surface area contributed by atoms with Crippen molar-refractivity contribution in [1.82, 2.24) is 0 Å². The molecule has 5 heteroatoms. The molecule has 1 aliphatic rings. The van der Waals surface area contributed by atoms with E-state index in [9.17, 15) is 14.7 Å². The van der Waals surface area contributed by atoms with Gasteiger partial charge in [-0.1, -0.05) is 103 Å². The van der Waals surface area contributed by atoms with Crippen molar-refractivity contribution in [3.05, 3.63) is 0 Å². The van der Waals surface area contributed by atoms with Crippen LogP contribution < -0.4 is 34.7 Å². The number of carbonyl (C=O) groups excluding carboxylic acids is 2. The Morgan fingerprint density at radius 1 is 0.724 bits per heavy atom. The van der Waals surface area contributed by atoms with E-state index in [1.807, 2.05) is 0 Å². The molecule has 0 aromatic rings. The Morgan fingerprint density at radius 3 is 1.59 bits per heavy atom. The number of hydrogen-bond acceptors (Lipinski definition) is 4. The summed E-state index contributed by atoms with van der Waals surface area (Å²) in [5.74, 6) is -2.58. The molecule has 0 bridgehead atoms. The van der Waals surface area contributed by atoms with Crippen LogP contribution in [0.3, 0.4) is 0 Å². The zero-order valence-corrected chi connectivity index (χ0v) is 21.2. The minimum Gasteiger partial charge on any atom is -0.550 e. The number of esters is 1. The Morgan fingerprint density at radius 2 is 1.14 bits per heavy atom.